The molecule has 6 rings (SSSR count). The zero-order valence-corrected chi connectivity index (χ0v) is 26.9. The van der Waals surface area contributed by atoms with Crippen LogP contribution in [-0.2, 0) is 17.8 Å². The number of halogens is 1. The number of ether oxygens (including phenoxy) is 1. The van der Waals surface area contributed by atoms with Gasteiger partial charge in [0.05, 0.1) is 29.1 Å². The van der Waals surface area contributed by atoms with Crippen LogP contribution in [0, 0.1) is 12.5 Å². The van der Waals surface area contributed by atoms with Gasteiger partial charge in [0.15, 0.2) is 0 Å². The SMILES string of the molecule is [C-]#[N+]C[C@H]1CN(c2nc(O[C@@H](C)CN(C)CC3CCC3)nc3c2CCN(c2cncc4cccc(Cl)c24)C3)CCN1C(=O)C=C. The Hall–Kier alpha value is -3.94. The van der Waals surface area contributed by atoms with Crippen molar-refractivity contribution >= 4 is 39.8 Å². The van der Waals surface area contributed by atoms with Gasteiger partial charge >= 0.3 is 6.01 Å². The van der Waals surface area contributed by atoms with Crippen molar-refractivity contribution in [3.8, 4) is 6.01 Å². The predicted molar refractivity (Wildman–Crippen MR) is 178 cm³/mol. The van der Waals surface area contributed by atoms with E-state index in [-0.39, 0.29) is 24.6 Å². The standard InChI is InChI=1S/C34H41ClN8O2/c1-5-31(44)43-15-14-42(21-26(43)17-36-3)33-27-12-13-41(30-18-37-16-25-10-7-11-28(35)32(25)30)22-29(27)38-34(39-33)45-23(2)19-40(4)20-24-8-6-9-24/h5,7,10-11,16,18,23-24,26H,1,6,8-9,12-15,17,19-22H2,2,4H3/t23-,26-/m0/s1. The number of hydrogen-bond acceptors (Lipinski definition) is 8. The van der Waals surface area contributed by atoms with Crippen LogP contribution >= 0.6 is 11.6 Å². The van der Waals surface area contributed by atoms with E-state index in [0.717, 1.165) is 65.5 Å². The van der Waals surface area contributed by atoms with Crippen LogP contribution in [0.15, 0.2) is 43.2 Å². The smallest absolute Gasteiger partial charge is 0.318 e. The summed E-state index contributed by atoms with van der Waals surface area (Å²) in [6.45, 7) is 18.3. The fourth-order valence-electron chi connectivity index (χ4n) is 6.88. The molecule has 0 spiro atoms. The van der Waals surface area contributed by atoms with Gasteiger partial charge in [-0.05, 0) is 51.3 Å². The van der Waals surface area contributed by atoms with E-state index >= 15 is 0 Å². The maximum Gasteiger partial charge on any atom is 0.318 e. The number of amides is 1. The molecule has 45 heavy (non-hydrogen) atoms. The van der Waals surface area contributed by atoms with E-state index in [2.05, 4.69) is 45.1 Å². The van der Waals surface area contributed by atoms with Crippen molar-refractivity contribution in [2.75, 3.05) is 62.7 Å². The minimum atomic E-state index is -0.250. The van der Waals surface area contributed by atoms with Crippen LogP contribution in [0.4, 0.5) is 11.5 Å². The molecular weight excluding hydrogens is 588 g/mol. The first kappa shape index (κ1) is 31.1. The molecule has 2 fully saturated rings. The molecular formula is C34H41ClN8O2. The summed E-state index contributed by atoms with van der Waals surface area (Å²) in [5, 5.41) is 2.67. The molecule has 11 heteroatoms. The highest BCUT2D eigenvalue weighted by atomic mass is 35.5. The molecule has 0 bridgehead atoms. The van der Waals surface area contributed by atoms with Crippen LogP contribution in [0.2, 0.25) is 5.02 Å². The Balaban J connectivity index is 1.31. The lowest BCUT2D eigenvalue weighted by Crippen LogP contribution is -2.56. The number of fused-ring (bicyclic) bond motifs is 2. The number of benzene rings is 1. The summed E-state index contributed by atoms with van der Waals surface area (Å²) in [6, 6.07) is 5.99. The minimum absolute atomic E-state index is 0.0985. The van der Waals surface area contributed by atoms with Crippen molar-refractivity contribution < 1.29 is 9.53 Å². The van der Waals surface area contributed by atoms with Gasteiger partial charge in [0.1, 0.15) is 18.0 Å². The molecule has 2 aromatic heterocycles. The summed E-state index contributed by atoms with van der Waals surface area (Å²) < 4.78 is 6.43. The van der Waals surface area contributed by atoms with Gasteiger partial charge in [-0.25, -0.2) is 6.57 Å². The molecule has 4 heterocycles. The van der Waals surface area contributed by atoms with Gasteiger partial charge in [-0.15, -0.1) is 0 Å². The number of likely N-dealkylation sites (N-methyl/N-ethyl adjacent to an activating group) is 1. The number of carbonyl (C=O) groups excluding carboxylic acids is 1. The van der Waals surface area contributed by atoms with Crippen LogP contribution in [0.1, 0.15) is 37.4 Å². The fraction of sp³-hybridized carbons (Fsp3) is 0.500. The summed E-state index contributed by atoms with van der Waals surface area (Å²) >= 11 is 6.69. The lowest BCUT2D eigenvalue weighted by Gasteiger charge is -2.41. The highest BCUT2D eigenvalue weighted by molar-refractivity contribution is 6.36. The van der Waals surface area contributed by atoms with Gasteiger partial charge in [-0.1, -0.05) is 36.7 Å². The van der Waals surface area contributed by atoms with Gasteiger partial charge in [0, 0.05) is 61.8 Å². The Morgan fingerprint density at radius 2 is 2.09 bits per heavy atom. The Morgan fingerprint density at radius 3 is 2.84 bits per heavy atom. The Labute approximate surface area is 270 Å². The quantitative estimate of drug-likeness (QED) is 0.233. The first-order valence-electron chi connectivity index (χ1n) is 15.9. The highest BCUT2D eigenvalue weighted by Crippen LogP contribution is 2.37. The molecule has 2 aliphatic heterocycles. The minimum Gasteiger partial charge on any atom is -0.459 e. The second kappa shape index (κ2) is 13.6. The zero-order chi connectivity index (χ0) is 31.5. The predicted octanol–water partition coefficient (Wildman–Crippen LogP) is 4.86. The van der Waals surface area contributed by atoms with Gasteiger partial charge in [-0.3, -0.25) is 9.78 Å². The zero-order valence-electron chi connectivity index (χ0n) is 26.2. The molecule has 0 radical (unpaired) electrons. The number of pyridine rings is 1. The van der Waals surface area contributed by atoms with Gasteiger partial charge < -0.3 is 29.2 Å². The van der Waals surface area contributed by atoms with Crippen LogP contribution in [0.25, 0.3) is 15.6 Å². The van der Waals surface area contributed by atoms with Gasteiger partial charge in [0.2, 0.25) is 12.5 Å². The van der Waals surface area contributed by atoms with Crippen molar-refractivity contribution in [1.82, 2.24) is 24.8 Å². The summed E-state index contributed by atoms with van der Waals surface area (Å²) in [5.41, 5.74) is 2.97. The monoisotopic (exact) mass is 628 g/mol. The first-order valence-corrected chi connectivity index (χ1v) is 16.3. The van der Waals surface area contributed by atoms with E-state index in [9.17, 15) is 4.79 Å². The number of piperazine rings is 1. The lowest BCUT2D eigenvalue weighted by atomic mass is 9.85. The number of hydrogen-bond donors (Lipinski definition) is 0. The molecule has 0 N–H and O–H groups in total. The van der Waals surface area contributed by atoms with E-state index in [1.165, 1.54) is 25.3 Å². The third-order valence-corrected chi connectivity index (χ3v) is 9.60. The molecule has 1 saturated heterocycles. The summed E-state index contributed by atoms with van der Waals surface area (Å²) in [6.07, 6.45) is 9.63. The topological polar surface area (TPSA) is 82.3 Å². The Morgan fingerprint density at radius 1 is 1.24 bits per heavy atom. The second-order valence-electron chi connectivity index (χ2n) is 12.5. The molecule has 1 amide bonds. The van der Waals surface area contributed by atoms with Crippen LogP contribution in [-0.4, -0.2) is 95.7 Å². The van der Waals surface area contributed by atoms with Crippen molar-refractivity contribution in [1.29, 1.82) is 0 Å². The number of aromatic nitrogens is 3. The van der Waals surface area contributed by atoms with E-state index < -0.39 is 0 Å². The average molecular weight is 629 g/mol. The normalized spacial score (nSPS) is 19.2. The molecule has 3 aliphatic rings. The van der Waals surface area contributed by atoms with Crippen LogP contribution in [0.5, 0.6) is 6.01 Å². The average Bonchev–Trinajstić information content (AvgIpc) is 3.01. The third-order valence-electron chi connectivity index (χ3n) is 9.29. The number of carbonyl (C=O) groups is 1. The van der Waals surface area contributed by atoms with Crippen molar-refractivity contribution in [2.45, 2.75) is 51.3 Å². The first-order chi connectivity index (χ1) is 21.8. The van der Waals surface area contributed by atoms with E-state index in [1.807, 2.05) is 30.6 Å². The maximum atomic E-state index is 12.6. The molecule has 10 nitrogen and oxygen atoms in total. The van der Waals surface area contributed by atoms with Gasteiger partial charge in [-0.2, -0.15) is 9.97 Å². The number of rotatable bonds is 10. The molecule has 236 valence electrons. The lowest BCUT2D eigenvalue weighted by molar-refractivity contribution is -0.128. The fourth-order valence-corrected chi connectivity index (χ4v) is 7.16. The Kier molecular flexibility index (Phi) is 9.38. The number of anilines is 2. The summed E-state index contributed by atoms with van der Waals surface area (Å²) in [7, 11) is 2.15. The highest BCUT2D eigenvalue weighted by Gasteiger charge is 2.35. The van der Waals surface area contributed by atoms with Crippen molar-refractivity contribution in [2.24, 2.45) is 5.92 Å². The largest absolute Gasteiger partial charge is 0.459 e. The van der Waals surface area contributed by atoms with Crippen molar-refractivity contribution in [3.05, 3.63) is 70.9 Å². The van der Waals surface area contributed by atoms with Crippen LogP contribution < -0.4 is 14.5 Å². The van der Waals surface area contributed by atoms with Crippen LogP contribution in [0.3, 0.4) is 0 Å². The second-order valence-corrected chi connectivity index (χ2v) is 13.0. The summed E-state index contributed by atoms with van der Waals surface area (Å²) in [4.78, 5) is 39.3. The molecule has 2 atom stereocenters. The van der Waals surface area contributed by atoms with Gasteiger partial charge in [0.25, 0.3) is 0 Å². The van der Waals surface area contributed by atoms with Crippen molar-refractivity contribution in [3.63, 3.8) is 0 Å². The third kappa shape index (κ3) is 6.70. The maximum absolute atomic E-state index is 12.6. The molecule has 0 unspecified atom stereocenters. The molecule has 1 saturated carbocycles. The number of nitrogens with zero attached hydrogens (tertiary/aromatic N) is 8. The van der Waals surface area contributed by atoms with E-state index in [0.29, 0.717) is 37.2 Å². The summed E-state index contributed by atoms with van der Waals surface area (Å²) in [5.74, 6) is 1.47. The Bertz CT molecular complexity index is 1600. The van der Waals surface area contributed by atoms with E-state index in [4.69, 9.17) is 32.9 Å². The molecule has 1 aliphatic carbocycles. The van der Waals surface area contributed by atoms with E-state index in [1.54, 1.807) is 4.90 Å². The molecule has 3 aromatic rings. The molecule has 1 aromatic carbocycles.